The molecule has 0 heterocycles. The van der Waals surface area contributed by atoms with Gasteiger partial charge in [0.15, 0.2) is 0 Å². The van der Waals surface area contributed by atoms with Crippen LogP contribution >= 0.6 is 0 Å². The summed E-state index contributed by atoms with van der Waals surface area (Å²) in [7, 11) is 0. The maximum absolute atomic E-state index is 13.2. The van der Waals surface area contributed by atoms with E-state index in [4.69, 9.17) is 5.11 Å². The van der Waals surface area contributed by atoms with Crippen molar-refractivity contribution in [2.24, 2.45) is 5.92 Å². The van der Waals surface area contributed by atoms with E-state index in [9.17, 15) is 14.0 Å². The number of hydrogen-bond acceptors (Lipinski definition) is 2. The van der Waals surface area contributed by atoms with Gasteiger partial charge in [0, 0.05) is 25.2 Å². The second kappa shape index (κ2) is 8.24. The van der Waals surface area contributed by atoms with Gasteiger partial charge >= 0.3 is 12.0 Å². The minimum Gasteiger partial charge on any atom is -0.481 e. The summed E-state index contributed by atoms with van der Waals surface area (Å²) in [6.07, 6.45) is 0.682. The van der Waals surface area contributed by atoms with Gasteiger partial charge < -0.3 is 10.4 Å². The zero-order chi connectivity index (χ0) is 15.8. The lowest BCUT2D eigenvalue weighted by Crippen LogP contribution is -2.42. The quantitative estimate of drug-likeness (QED) is 0.813. The molecule has 0 radical (unpaired) electrons. The lowest BCUT2D eigenvalue weighted by Gasteiger charge is -2.23. The number of rotatable bonds is 7. The van der Waals surface area contributed by atoms with Crippen molar-refractivity contribution in [2.45, 2.75) is 26.7 Å². The number of hydrogen-bond donors (Lipinski definition) is 2. The van der Waals surface area contributed by atoms with Crippen molar-refractivity contribution in [1.82, 2.24) is 5.32 Å². The lowest BCUT2D eigenvalue weighted by atomic mass is 10.0. The van der Waals surface area contributed by atoms with Gasteiger partial charge in [0.2, 0.25) is 0 Å². The van der Waals surface area contributed by atoms with Crippen LogP contribution in [-0.4, -0.2) is 30.2 Å². The zero-order valence-corrected chi connectivity index (χ0v) is 12.3. The van der Waals surface area contributed by atoms with Gasteiger partial charge in [0.05, 0.1) is 0 Å². The van der Waals surface area contributed by atoms with Crippen LogP contribution in [0.5, 0.6) is 0 Å². The van der Waals surface area contributed by atoms with Gasteiger partial charge in [0.25, 0.3) is 0 Å². The second-order valence-corrected chi connectivity index (χ2v) is 4.78. The van der Waals surface area contributed by atoms with Crippen molar-refractivity contribution in [3.05, 3.63) is 30.1 Å². The van der Waals surface area contributed by atoms with Crippen molar-refractivity contribution in [3.8, 4) is 0 Å². The Hall–Kier alpha value is -2.11. The number of anilines is 1. The van der Waals surface area contributed by atoms with E-state index in [1.165, 1.54) is 17.0 Å². The lowest BCUT2D eigenvalue weighted by molar-refractivity contribution is -0.138. The van der Waals surface area contributed by atoms with E-state index in [0.717, 1.165) is 0 Å². The molecule has 0 saturated carbocycles. The molecular weight excluding hydrogens is 275 g/mol. The molecule has 2 N–H and O–H groups in total. The number of halogens is 1. The number of carbonyl (C=O) groups excluding carboxylic acids is 1. The van der Waals surface area contributed by atoms with E-state index in [-0.39, 0.29) is 24.9 Å². The predicted octanol–water partition coefficient (Wildman–Crippen LogP) is 2.86. The van der Waals surface area contributed by atoms with Crippen molar-refractivity contribution >= 4 is 17.7 Å². The summed E-state index contributed by atoms with van der Waals surface area (Å²) >= 11 is 0. The smallest absolute Gasteiger partial charge is 0.321 e. The van der Waals surface area contributed by atoms with E-state index in [0.29, 0.717) is 18.7 Å². The second-order valence-electron chi connectivity index (χ2n) is 4.78. The SMILES string of the molecule is CCC(CNC(=O)N(CC)c1cccc(F)c1)CC(=O)O. The van der Waals surface area contributed by atoms with Gasteiger partial charge in [-0.25, -0.2) is 9.18 Å². The molecule has 5 nitrogen and oxygen atoms in total. The normalized spacial score (nSPS) is 11.8. The molecule has 0 aliphatic heterocycles. The standard InChI is InChI=1S/C15H21FN2O3/c1-3-11(8-14(19)20)10-17-15(21)18(4-2)13-7-5-6-12(16)9-13/h5-7,9,11H,3-4,8,10H2,1-2H3,(H,17,21)(H,19,20). The summed E-state index contributed by atoms with van der Waals surface area (Å²) in [5.74, 6) is -1.40. The van der Waals surface area contributed by atoms with Crippen LogP contribution in [0.1, 0.15) is 26.7 Å². The molecule has 0 aliphatic carbocycles. The van der Waals surface area contributed by atoms with Crippen molar-refractivity contribution < 1.29 is 19.1 Å². The Morgan fingerprint density at radius 2 is 2.10 bits per heavy atom. The Morgan fingerprint density at radius 1 is 1.38 bits per heavy atom. The minimum absolute atomic E-state index is 0.0167. The highest BCUT2D eigenvalue weighted by Gasteiger charge is 2.17. The fourth-order valence-corrected chi connectivity index (χ4v) is 2.02. The fraction of sp³-hybridized carbons (Fsp3) is 0.467. The van der Waals surface area contributed by atoms with Crippen molar-refractivity contribution in [3.63, 3.8) is 0 Å². The van der Waals surface area contributed by atoms with Crippen LogP contribution in [0.4, 0.5) is 14.9 Å². The summed E-state index contributed by atoms with van der Waals surface area (Å²) in [5, 5.41) is 11.5. The van der Waals surface area contributed by atoms with Crippen molar-refractivity contribution in [2.75, 3.05) is 18.0 Å². The molecule has 0 saturated heterocycles. The predicted molar refractivity (Wildman–Crippen MR) is 78.9 cm³/mol. The Kier molecular flexibility index (Phi) is 6.65. The van der Waals surface area contributed by atoms with Gasteiger partial charge in [-0.2, -0.15) is 0 Å². The van der Waals surface area contributed by atoms with Crippen LogP contribution in [0.15, 0.2) is 24.3 Å². The first-order valence-electron chi connectivity index (χ1n) is 7.00. The summed E-state index contributed by atoms with van der Waals surface area (Å²) < 4.78 is 13.2. The first-order chi connectivity index (χ1) is 9.97. The summed E-state index contributed by atoms with van der Waals surface area (Å²) in [6.45, 7) is 4.35. The van der Waals surface area contributed by atoms with Gasteiger partial charge in [-0.05, 0) is 31.0 Å². The number of nitrogens with one attached hydrogen (secondary N) is 1. The molecule has 0 spiro atoms. The number of urea groups is 1. The van der Waals surface area contributed by atoms with E-state index in [1.807, 2.05) is 6.92 Å². The number of benzene rings is 1. The molecule has 1 atom stereocenters. The summed E-state index contributed by atoms with van der Waals surface area (Å²) in [4.78, 5) is 24.2. The molecule has 1 aromatic carbocycles. The molecule has 0 aromatic heterocycles. The molecule has 0 fully saturated rings. The number of carbonyl (C=O) groups is 2. The van der Waals surface area contributed by atoms with Gasteiger partial charge in [-0.15, -0.1) is 0 Å². The van der Waals surface area contributed by atoms with Crippen LogP contribution in [0.25, 0.3) is 0 Å². The number of amides is 2. The maximum Gasteiger partial charge on any atom is 0.321 e. The third kappa shape index (κ3) is 5.41. The highest BCUT2D eigenvalue weighted by Crippen LogP contribution is 2.15. The third-order valence-electron chi connectivity index (χ3n) is 3.26. The van der Waals surface area contributed by atoms with Crippen LogP contribution in [0.3, 0.4) is 0 Å². The molecule has 116 valence electrons. The molecule has 1 rings (SSSR count). The topological polar surface area (TPSA) is 69.6 Å². The molecule has 1 aromatic rings. The van der Waals surface area contributed by atoms with Crippen LogP contribution in [0.2, 0.25) is 0 Å². The van der Waals surface area contributed by atoms with Gasteiger partial charge in [-0.3, -0.25) is 9.69 Å². The third-order valence-corrected chi connectivity index (χ3v) is 3.26. The first kappa shape index (κ1) is 16.9. The molecule has 6 heteroatoms. The Morgan fingerprint density at radius 3 is 2.62 bits per heavy atom. The maximum atomic E-state index is 13.2. The number of carboxylic acids is 1. The van der Waals surface area contributed by atoms with Crippen molar-refractivity contribution in [1.29, 1.82) is 0 Å². The van der Waals surface area contributed by atoms with Crippen LogP contribution in [0, 0.1) is 11.7 Å². The van der Waals surface area contributed by atoms with E-state index < -0.39 is 11.8 Å². The average molecular weight is 296 g/mol. The fourth-order valence-electron chi connectivity index (χ4n) is 2.02. The molecule has 2 amide bonds. The Balaban J connectivity index is 2.65. The highest BCUT2D eigenvalue weighted by atomic mass is 19.1. The van der Waals surface area contributed by atoms with E-state index in [1.54, 1.807) is 19.1 Å². The molecule has 21 heavy (non-hydrogen) atoms. The minimum atomic E-state index is -0.881. The highest BCUT2D eigenvalue weighted by molar-refractivity contribution is 5.91. The Labute approximate surface area is 123 Å². The number of nitrogens with zero attached hydrogens (tertiary/aromatic N) is 1. The molecule has 0 aliphatic rings. The molecular formula is C15H21FN2O3. The number of carboxylic acid groups (broad SMARTS) is 1. The van der Waals surface area contributed by atoms with Gasteiger partial charge in [-0.1, -0.05) is 19.4 Å². The van der Waals surface area contributed by atoms with Crippen LogP contribution in [-0.2, 0) is 4.79 Å². The van der Waals surface area contributed by atoms with E-state index in [2.05, 4.69) is 5.32 Å². The molecule has 1 unspecified atom stereocenters. The van der Waals surface area contributed by atoms with Crippen LogP contribution < -0.4 is 10.2 Å². The monoisotopic (exact) mass is 296 g/mol. The van der Waals surface area contributed by atoms with E-state index >= 15 is 0 Å². The zero-order valence-electron chi connectivity index (χ0n) is 12.3. The average Bonchev–Trinajstić information content (AvgIpc) is 2.44. The van der Waals surface area contributed by atoms with Gasteiger partial charge in [0.1, 0.15) is 5.82 Å². The summed E-state index contributed by atoms with van der Waals surface area (Å²) in [5.41, 5.74) is 0.473. The Bertz CT molecular complexity index is 494. The first-order valence-corrected chi connectivity index (χ1v) is 7.00. The molecule has 0 bridgehead atoms. The largest absolute Gasteiger partial charge is 0.481 e. The number of aliphatic carboxylic acids is 1. The summed E-state index contributed by atoms with van der Waals surface area (Å²) in [6, 6.07) is 5.44.